The van der Waals surface area contributed by atoms with E-state index in [0.29, 0.717) is 10.0 Å². The summed E-state index contributed by atoms with van der Waals surface area (Å²) in [6.07, 6.45) is 0. The van der Waals surface area contributed by atoms with Gasteiger partial charge in [-0.15, -0.1) is 0 Å². The zero-order valence-corrected chi connectivity index (χ0v) is 13.5. The Morgan fingerprint density at radius 2 is 1.33 bits per heavy atom. The van der Waals surface area contributed by atoms with Crippen molar-refractivity contribution in [3.8, 4) is 0 Å². The Hall–Kier alpha value is -1.05. The van der Waals surface area contributed by atoms with Crippen LogP contribution in [0.3, 0.4) is 0 Å². The summed E-state index contributed by atoms with van der Waals surface area (Å²) in [6, 6.07) is 11.6. The lowest BCUT2D eigenvalue weighted by atomic mass is 10.4. The van der Waals surface area contributed by atoms with Gasteiger partial charge in [0, 0.05) is 10.0 Å². The average Bonchev–Trinajstić information content (AvgIpc) is 3.14. The summed E-state index contributed by atoms with van der Waals surface area (Å²) < 4.78 is 41.8. The standard InChI is InChI=1S/C13H8Cl2O4S2/c14-9-1-5-11(6-2-9)20(16,17)13-19-21(13,18)12-7-3-10(15)4-8-12/h1-8H. The normalized spacial score (nSPS) is 21.3. The third kappa shape index (κ3) is 2.58. The molecule has 2 aromatic rings. The van der Waals surface area contributed by atoms with Gasteiger partial charge in [0.25, 0.3) is 4.38 Å². The average molecular weight is 363 g/mol. The lowest BCUT2D eigenvalue weighted by Crippen LogP contribution is -2.06. The summed E-state index contributed by atoms with van der Waals surface area (Å²) in [5.74, 6) is 0. The molecule has 3 rings (SSSR count). The first-order valence-corrected chi connectivity index (χ1v) is 9.43. The third-order valence-corrected chi connectivity index (χ3v) is 7.85. The van der Waals surface area contributed by atoms with Crippen LogP contribution < -0.4 is 0 Å². The minimum atomic E-state index is -3.92. The molecule has 0 aromatic heterocycles. The van der Waals surface area contributed by atoms with Crippen molar-refractivity contribution in [2.24, 2.45) is 0 Å². The Bertz CT molecular complexity index is 858. The van der Waals surface area contributed by atoms with Gasteiger partial charge in [0.15, 0.2) is 9.80 Å². The lowest BCUT2D eigenvalue weighted by molar-refractivity contribution is 0.589. The van der Waals surface area contributed by atoms with E-state index in [4.69, 9.17) is 27.4 Å². The topological polar surface area (TPSA) is 63.7 Å². The first-order valence-electron chi connectivity index (χ1n) is 5.71. The number of sulfone groups is 1. The van der Waals surface area contributed by atoms with Gasteiger partial charge in [-0.25, -0.2) is 16.8 Å². The van der Waals surface area contributed by atoms with Crippen LogP contribution in [-0.2, 0) is 23.8 Å². The van der Waals surface area contributed by atoms with Crippen molar-refractivity contribution in [3.05, 3.63) is 58.6 Å². The highest BCUT2D eigenvalue weighted by molar-refractivity contribution is 8.27. The molecule has 1 atom stereocenters. The van der Waals surface area contributed by atoms with Crippen molar-refractivity contribution < 1.29 is 16.8 Å². The Labute approximate surface area is 132 Å². The van der Waals surface area contributed by atoms with Crippen molar-refractivity contribution in [2.45, 2.75) is 9.79 Å². The molecule has 0 amide bonds. The zero-order chi connectivity index (χ0) is 15.3. The van der Waals surface area contributed by atoms with Crippen LogP contribution in [0.2, 0.25) is 10.0 Å². The largest absolute Gasteiger partial charge is 0.271 e. The minimum absolute atomic E-state index is 0.0129. The highest BCUT2D eigenvalue weighted by Gasteiger charge is 2.45. The maximum atomic E-state index is 12.5. The molecular formula is C13H8Cl2O4S2. The van der Waals surface area contributed by atoms with Crippen LogP contribution in [-0.4, -0.2) is 17.0 Å². The SMILES string of the molecule is O=S(=O)(C1=S(=O)(c2ccc(Cl)cc2)O1)c1ccc(Cl)cc1. The van der Waals surface area contributed by atoms with Crippen LogP contribution in [0.15, 0.2) is 58.3 Å². The molecule has 0 N–H and O–H groups in total. The monoisotopic (exact) mass is 362 g/mol. The van der Waals surface area contributed by atoms with Gasteiger partial charge in [0.05, 0.1) is 9.79 Å². The molecule has 0 bridgehead atoms. The van der Waals surface area contributed by atoms with E-state index >= 15 is 0 Å². The highest BCUT2D eigenvalue weighted by Crippen LogP contribution is 2.33. The highest BCUT2D eigenvalue weighted by atomic mass is 35.5. The van der Waals surface area contributed by atoms with Gasteiger partial charge < -0.3 is 0 Å². The Morgan fingerprint density at radius 1 is 0.857 bits per heavy atom. The van der Waals surface area contributed by atoms with Crippen molar-refractivity contribution in [1.29, 1.82) is 0 Å². The molecule has 1 unspecified atom stereocenters. The molecule has 0 radical (unpaired) electrons. The van der Waals surface area contributed by atoms with E-state index in [9.17, 15) is 12.6 Å². The van der Waals surface area contributed by atoms with Crippen molar-refractivity contribution >= 4 is 47.2 Å². The summed E-state index contributed by atoms with van der Waals surface area (Å²) in [5, 5.41) is 0.874. The van der Waals surface area contributed by atoms with Crippen LogP contribution in [0, 0.1) is 0 Å². The molecule has 0 saturated carbocycles. The van der Waals surface area contributed by atoms with E-state index in [1.54, 1.807) is 0 Å². The molecule has 8 heteroatoms. The molecule has 1 heterocycles. The molecule has 0 fully saturated rings. The third-order valence-electron chi connectivity index (χ3n) is 2.85. The predicted octanol–water partition coefficient (Wildman–Crippen LogP) is 3.14. The van der Waals surface area contributed by atoms with Gasteiger partial charge in [-0.05, 0) is 48.5 Å². The fourth-order valence-electron chi connectivity index (χ4n) is 1.74. The van der Waals surface area contributed by atoms with Gasteiger partial charge >= 0.3 is 0 Å². The Kier molecular flexibility index (Phi) is 3.54. The van der Waals surface area contributed by atoms with Crippen LogP contribution in [0.4, 0.5) is 0 Å². The summed E-state index contributed by atoms with van der Waals surface area (Å²) in [7, 11) is -7.06. The van der Waals surface area contributed by atoms with E-state index in [1.807, 2.05) is 0 Å². The number of rotatable bonds is 2. The molecule has 0 spiro atoms. The fourth-order valence-corrected chi connectivity index (χ4v) is 6.18. The van der Waals surface area contributed by atoms with E-state index in [-0.39, 0.29) is 9.79 Å². The van der Waals surface area contributed by atoms with Gasteiger partial charge in [0.1, 0.15) is 0 Å². The first kappa shape index (κ1) is 14.9. The Morgan fingerprint density at radius 3 is 1.86 bits per heavy atom. The number of hydrogen-bond acceptors (Lipinski definition) is 4. The molecule has 1 aliphatic rings. The molecule has 0 saturated heterocycles. The quantitative estimate of drug-likeness (QED) is 0.769. The number of halogens is 2. The first-order chi connectivity index (χ1) is 9.84. The van der Waals surface area contributed by atoms with E-state index in [0.717, 1.165) is 0 Å². The van der Waals surface area contributed by atoms with Crippen molar-refractivity contribution in [3.63, 3.8) is 0 Å². The van der Waals surface area contributed by atoms with Crippen molar-refractivity contribution in [1.82, 2.24) is 0 Å². The van der Waals surface area contributed by atoms with Gasteiger partial charge in [-0.1, -0.05) is 23.2 Å². The molecule has 0 aliphatic carbocycles. The number of benzene rings is 2. The van der Waals surface area contributed by atoms with Crippen LogP contribution >= 0.6 is 23.2 Å². The van der Waals surface area contributed by atoms with E-state index in [1.165, 1.54) is 48.5 Å². The second-order valence-electron chi connectivity index (χ2n) is 4.25. The molecule has 21 heavy (non-hydrogen) atoms. The number of hydrogen-bond donors (Lipinski definition) is 0. The summed E-state index contributed by atoms with van der Waals surface area (Å²) >= 11 is 11.5. The maximum Gasteiger partial charge on any atom is 0.271 e. The second kappa shape index (κ2) is 5.00. The summed E-state index contributed by atoms with van der Waals surface area (Å²) in [5.41, 5.74) is 0. The summed E-state index contributed by atoms with van der Waals surface area (Å²) in [6.45, 7) is 0. The van der Waals surface area contributed by atoms with Crippen molar-refractivity contribution in [2.75, 3.05) is 0 Å². The molecule has 1 aliphatic heterocycles. The van der Waals surface area contributed by atoms with Crippen LogP contribution in [0.1, 0.15) is 0 Å². The van der Waals surface area contributed by atoms with Gasteiger partial charge in [-0.3, -0.25) is 0 Å². The lowest BCUT2D eigenvalue weighted by Gasteiger charge is -1.97. The fraction of sp³-hybridized carbons (Fsp3) is 0. The van der Waals surface area contributed by atoms with E-state index < -0.39 is 24.0 Å². The Balaban J connectivity index is 2.09. The maximum absolute atomic E-state index is 12.5. The zero-order valence-electron chi connectivity index (χ0n) is 10.3. The van der Waals surface area contributed by atoms with Gasteiger partial charge in [-0.2, -0.15) is 0 Å². The molecular weight excluding hydrogens is 355 g/mol. The van der Waals surface area contributed by atoms with Crippen LogP contribution in [0.25, 0.3) is 0 Å². The molecule has 2 aromatic carbocycles. The molecule has 4 nitrogen and oxygen atoms in total. The van der Waals surface area contributed by atoms with Crippen LogP contribution in [0.5, 0.6) is 0 Å². The second-order valence-corrected chi connectivity index (χ2v) is 9.24. The molecule has 110 valence electrons. The van der Waals surface area contributed by atoms with E-state index in [2.05, 4.69) is 0 Å². The van der Waals surface area contributed by atoms with Gasteiger partial charge in [0.2, 0.25) is 9.84 Å². The smallest absolute Gasteiger partial charge is 0.231 e. The predicted molar refractivity (Wildman–Crippen MR) is 82.6 cm³/mol. The minimum Gasteiger partial charge on any atom is -0.231 e. The summed E-state index contributed by atoms with van der Waals surface area (Å²) in [4.78, 5) is 0.264.